The molecule has 1 heterocycles. The average molecular weight is 248 g/mol. The molecule has 0 spiro atoms. The number of carboxylic acid groups (broad SMARTS) is 1. The molecule has 18 heavy (non-hydrogen) atoms. The summed E-state index contributed by atoms with van der Waals surface area (Å²) in [4.78, 5) is 10.9. The normalized spacial score (nSPS) is 10.1. The van der Waals surface area contributed by atoms with Crippen molar-refractivity contribution in [2.24, 2.45) is 0 Å². The lowest BCUT2D eigenvalue weighted by molar-refractivity contribution is 0.0693. The van der Waals surface area contributed by atoms with Gasteiger partial charge < -0.3 is 9.84 Å². The van der Waals surface area contributed by atoms with E-state index in [0.717, 1.165) is 0 Å². The lowest BCUT2D eigenvalue weighted by atomic mass is 10.2. The molecule has 0 saturated heterocycles. The zero-order chi connectivity index (χ0) is 13.1. The second-order valence-corrected chi connectivity index (χ2v) is 3.57. The van der Waals surface area contributed by atoms with Gasteiger partial charge in [-0.1, -0.05) is 0 Å². The molecule has 0 fully saturated rings. The van der Waals surface area contributed by atoms with Crippen LogP contribution in [0.15, 0.2) is 30.5 Å². The Morgan fingerprint density at radius 1 is 1.39 bits per heavy atom. The lowest BCUT2D eigenvalue weighted by Gasteiger charge is -2.07. The number of carboxylic acids is 1. The van der Waals surface area contributed by atoms with Gasteiger partial charge >= 0.3 is 5.97 Å². The third-order valence-electron chi connectivity index (χ3n) is 2.26. The van der Waals surface area contributed by atoms with Crippen LogP contribution in [0.2, 0.25) is 0 Å². The van der Waals surface area contributed by atoms with Gasteiger partial charge in [-0.05, 0) is 36.8 Å². The Balaban J connectivity index is 2.34. The SMILES string of the molecule is Cc1cc(Oc2nnccc2C(=O)O)ccc1F. The number of ether oxygens (including phenoxy) is 1. The van der Waals surface area contributed by atoms with Crippen molar-refractivity contribution in [1.82, 2.24) is 10.2 Å². The van der Waals surface area contributed by atoms with Gasteiger partial charge in [0.05, 0.1) is 6.20 Å². The molecule has 0 radical (unpaired) electrons. The number of rotatable bonds is 3. The molecule has 0 saturated carbocycles. The molecular weight excluding hydrogens is 239 g/mol. The summed E-state index contributed by atoms with van der Waals surface area (Å²) in [6, 6.07) is 5.36. The predicted octanol–water partition coefficient (Wildman–Crippen LogP) is 2.41. The average Bonchev–Trinajstić information content (AvgIpc) is 2.34. The van der Waals surface area contributed by atoms with Crippen LogP contribution >= 0.6 is 0 Å². The minimum atomic E-state index is -1.17. The first-order chi connectivity index (χ1) is 8.58. The van der Waals surface area contributed by atoms with E-state index in [9.17, 15) is 9.18 Å². The predicted molar refractivity (Wildman–Crippen MR) is 60.2 cm³/mol. The van der Waals surface area contributed by atoms with E-state index < -0.39 is 5.97 Å². The summed E-state index contributed by atoms with van der Waals surface area (Å²) >= 11 is 0. The van der Waals surface area contributed by atoms with E-state index in [2.05, 4.69) is 10.2 Å². The number of aryl methyl sites for hydroxylation is 1. The molecule has 0 atom stereocenters. The van der Waals surface area contributed by atoms with Crippen LogP contribution in [0.4, 0.5) is 4.39 Å². The van der Waals surface area contributed by atoms with E-state index in [4.69, 9.17) is 9.84 Å². The molecule has 2 aromatic rings. The molecule has 5 nitrogen and oxygen atoms in total. The zero-order valence-electron chi connectivity index (χ0n) is 9.42. The van der Waals surface area contributed by atoms with E-state index in [1.165, 1.54) is 30.5 Å². The fourth-order valence-corrected chi connectivity index (χ4v) is 1.35. The van der Waals surface area contributed by atoms with Gasteiger partial charge in [0.1, 0.15) is 17.1 Å². The molecule has 6 heteroatoms. The van der Waals surface area contributed by atoms with Crippen molar-refractivity contribution in [3.63, 3.8) is 0 Å². The molecule has 0 bridgehead atoms. The summed E-state index contributed by atoms with van der Waals surface area (Å²) < 4.78 is 18.4. The standard InChI is InChI=1S/C12H9FN2O3/c1-7-6-8(2-3-10(7)13)18-11-9(12(16)17)4-5-14-15-11/h2-6H,1H3,(H,16,17). The van der Waals surface area contributed by atoms with E-state index in [-0.39, 0.29) is 17.3 Å². The van der Waals surface area contributed by atoms with Gasteiger partial charge in [0, 0.05) is 0 Å². The number of aromatic carboxylic acids is 1. The number of carbonyl (C=O) groups is 1. The van der Waals surface area contributed by atoms with Crippen LogP contribution in [-0.2, 0) is 0 Å². The first kappa shape index (κ1) is 12.0. The molecule has 1 aromatic carbocycles. The topological polar surface area (TPSA) is 72.3 Å². The molecule has 0 aliphatic heterocycles. The van der Waals surface area contributed by atoms with Crippen LogP contribution in [0.1, 0.15) is 15.9 Å². The number of benzene rings is 1. The largest absolute Gasteiger partial charge is 0.477 e. The summed E-state index contributed by atoms with van der Waals surface area (Å²) in [6.07, 6.45) is 1.26. The molecular formula is C12H9FN2O3. The number of hydrogen-bond acceptors (Lipinski definition) is 4. The monoisotopic (exact) mass is 248 g/mol. The third kappa shape index (κ3) is 2.42. The second kappa shape index (κ2) is 4.79. The number of nitrogens with zero attached hydrogens (tertiary/aromatic N) is 2. The highest BCUT2D eigenvalue weighted by Crippen LogP contribution is 2.24. The molecule has 1 aromatic heterocycles. The molecule has 2 rings (SSSR count). The first-order valence-electron chi connectivity index (χ1n) is 5.07. The molecule has 0 amide bonds. The maximum Gasteiger partial charge on any atom is 0.341 e. The van der Waals surface area contributed by atoms with Crippen molar-refractivity contribution < 1.29 is 19.0 Å². The van der Waals surface area contributed by atoms with Gasteiger partial charge in [0.2, 0.25) is 0 Å². The van der Waals surface area contributed by atoms with Crippen LogP contribution < -0.4 is 4.74 Å². The maximum absolute atomic E-state index is 13.1. The van der Waals surface area contributed by atoms with Gasteiger partial charge in [0.15, 0.2) is 0 Å². The Hall–Kier alpha value is -2.50. The fourth-order valence-electron chi connectivity index (χ4n) is 1.35. The maximum atomic E-state index is 13.1. The van der Waals surface area contributed by atoms with Crippen LogP contribution in [-0.4, -0.2) is 21.3 Å². The summed E-state index contributed by atoms with van der Waals surface area (Å²) in [5.74, 6) is -1.36. The molecule has 0 aliphatic carbocycles. The summed E-state index contributed by atoms with van der Waals surface area (Å²) in [7, 11) is 0. The van der Waals surface area contributed by atoms with Crippen LogP contribution in [0.3, 0.4) is 0 Å². The second-order valence-electron chi connectivity index (χ2n) is 3.57. The lowest BCUT2D eigenvalue weighted by Crippen LogP contribution is -2.03. The highest BCUT2D eigenvalue weighted by molar-refractivity contribution is 5.90. The minimum absolute atomic E-state index is 0.105. The van der Waals surface area contributed by atoms with Crippen molar-refractivity contribution in [2.75, 3.05) is 0 Å². The summed E-state index contributed by atoms with van der Waals surface area (Å²) in [5, 5.41) is 16.1. The van der Waals surface area contributed by atoms with Crippen LogP contribution in [0.25, 0.3) is 0 Å². The number of aromatic nitrogens is 2. The van der Waals surface area contributed by atoms with Gasteiger partial charge in [-0.2, -0.15) is 5.10 Å². The van der Waals surface area contributed by atoms with Crippen molar-refractivity contribution in [1.29, 1.82) is 0 Å². The third-order valence-corrected chi connectivity index (χ3v) is 2.26. The smallest absolute Gasteiger partial charge is 0.341 e. The highest BCUT2D eigenvalue weighted by atomic mass is 19.1. The van der Waals surface area contributed by atoms with Gasteiger partial charge in [-0.3, -0.25) is 0 Å². The fraction of sp³-hybridized carbons (Fsp3) is 0.0833. The molecule has 0 aliphatic rings. The van der Waals surface area contributed by atoms with Crippen molar-refractivity contribution in [3.8, 4) is 11.6 Å². The Morgan fingerprint density at radius 2 is 2.17 bits per heavy atom. The summed E-state index contributed by atoms with van der Waals surface area (Å²) in [6.45, 7) is 1.58. The number of hydrogen-bond donors (Lipinski definition) is 1. The number of halogens is 1. The van der Waals surface area contributed by atoms with E-state index in [1.807, 2.05) is 0 Å². The Bertz CT molecular complexity index is 602. The van der Waals surface area contributed by atoms with Crippen molar-refractivity contribution in [2.45, 2.75) is 6.92 Å². The molecule has 1 N–H and O–H groups in total. The van der Waals surface area contributed by atoms with Crippen molar-refractivity contribution in [3.05, 3.63) is 47.4 Å². The Kier molecular flexibility index (Phi) is 3.18. The quantitative estimate of drug-likeness (QED) is 0.902. The van der Waals surface area contributed by atoms with Crippen LogP contribution in [0, 0.1) is 12.7 Å². The van der Waals surface area contributed by atoms with E-state index >= 15 is 0 Å². The zero-order valence-corrected chi connectivity index (χ0v) is 9.42. The van der Waals surface area contributed by atoms with Gasteiger partial charge in [-0.15, -0.1) is 5.10 Å². The minimum Gasteiger partial charge on any atom is -0.477 e. The van der Waals surface area contributed by atoms with Crippen LogP contribution in [0.5, 0.6) is 11.6 Å². The summed E-state index contributed by atoms with van der Waals surface area (Å²) in [5.41, 5.74) is 0.292. The van der Waals surface area contributed by atoms with E-state index in [1.54, 1.807) is 6.92 Å². The molecule has 0 unspecified atom stereocenters. The van der Waals surface area contributed by atoms with Gasteiger partial charge in [-0.25, -0.2) is 9.18 Å². The van der Waals surface area contributed by atoms with E-state index in [0.29, 0.717) is 11.3 Å². The van der Waals surface area contributed by atoms with Crippen molar-refractivity contribution >= 4 is 5.97 Å². The molecule has 92 valence electrons. The Labute approximate surface area is 102 Å². The highest BCUT2D eigenvalue weighted by Gasteiger charge is 2.13. The Morgan fingerprint density at radius 3 is 2.83 bits per heavy atom. The first-order valence-corrected chi connectivity index (χ1v) is 5.07. The van der Waals surface area contributed by atoms with Gasteiger partial charge in [0.25, 0.3) is 5.88 Å².